The molecule has 1 aliphatic heterocycles. The summed E-state index contributed by atoms with van der Waals surface area (Å²) in [6.45, 7) is 13.4. The molecule has 1 saturated heterocycles. The number of hydrogen-bond donors (Lipinski definition) is 2. The summed E-state index contributed by atoms with van der Waals surface area (Å²) < 4.78 is 0. The van der Waals surface area contributed by atoms with E-state index < -0.39 is 0 Å². The number of guanidine groups is 1. The first-order chi connectivity index (χ1) is 10.5. The van der Waals surface area contributed by atoms with Gasteiger partial charge in [-0.3, -0.25) is 4.99 Å². The van der Waals surface area contributed by atoms with Crippen molar-refractivity contribution in [3.63, 3.8) is 0 Å². The third kappa shape index (κ3) is 6.55. The molecule has 0 aromatic rings. The molecule has 4 heteroatoms. The average molecular weight is 309 g/mol. The predicted molar refractivity (Wildman–Crippen MR) is 95.4 cm³/mol. The summed E-state index contributed by atoms with van der Waals surface area (Å²) >= 11 is 0. The van der Waals surface area contributed by atoms with E-state index in [4.69, 9.17) is 4.99 Å². The number of aliphatic imine (C=N–C) groups is 1. The lowest BCUT2D eigenvalue weighted by Crippen LogP contribution is -2.49. The first-order valence-electron chi connectivity index (χ1n) is 9.27. The topological polar surface area (TPSA) is 39.7 Å². The maximum absolute atomic E-state index is 4.76. The molecular weight excluding hydrogens is 272 g/mol. The summed E-state index contributed by atoms with van der Waals surface area (Å²) in [7, 11) is 0. The Balaban J connectivity index is 1.71. The van der Waals surface area contributed by atoms with Crippen LogP contribution in [-0.2, 0) is 0 Å². The van der Waals surface area contributed by atoms with Crippen LogP contribution in [0.2, 0.25) is 0 Å². The summed E-state index contributed by atoms with van der Waals surface area (Å²) in [5.41, 5.74) is 0.414. The zero-order valence-electron chi connectivity index (χ0n) is 15.1. The van der Waals surface area contributed by atoms with Gasteiger partial charge in [0.15, 0.2) is 5.96 Å². The molecule has 0 atom stereocenters. The molecule has 0 amide bonds. The molecule has 22 heavy (non-hydrogen) atoms. The number of likely N-dealkylation sites (tertiary alicyclic amines) is 1. The van der Waals surface area contributed by atoms with Crippen molar-refractivity contribution in [1.82, 2.24) is 15.5 Å². The van der Waals surface area contributed by atoms with Crippen molar-refractivity contribution >= 4 is 5.96 Å². The molecule has 0 radical (unpaired) electrons. The molecule has 4 nitrogen and oxygen atoms in total. The highest BCUT2D eigenvalue weighted by Gasteiger charge is 2.31. The van der Waals surface area contributed by atoms with Gasteiger partial charge in [-0.25, -0.2) is 0 Å². The minimum absolute atomic E-state index is 0.414. The average Bonchev–Trinajstić information content (AvgIpc) is 3.28. The van der Waals surface area contributed by atoms with Gasteiger partial charge in [-0.1, -0.05) is 20.8 Å². The molecule has 2 aliphatic rings. The zero-order chi connectivity index (χ0) is 16.0. The van der Waals surface area contributed by atoms with Gasteiger partial charge in [0, 0.05) is 38.3 Å². The molecule has 0 unspecified atom stereocenters. The highest BCUT2D eigenvalue weighted by molar-refractivity contribution is 5.80. The van der Waals surface area contributed by atoms with Gasteiger partial charge in [0.2, 0.25) is 0 Å². The normalized spacial score (nSPS) is 21.9. The van der Waals surface area contributed by atoms with Crippen LogP contribution in [0.1, 0.15) is 66.2 Å². The van der Waals surface area contributed by atoms with Crippen molar-refractivity contribution in [1.29, 1.82) is 0 Å². The Morgan fingerprint density at radius 2 is 1.82 bits per heavy atom. The number of nitrogens with zero attached hydrogens (tertiary/aromatic N) is 2. The monoisotopic (exact) mass is 308 g/mol. The van der Waals surface area contributed by atoms with E-state index in [1.807, 2.05) is 0 Å². The second-order valence-corrected chi connectivity index (χ2v) is 8.11. The van der Waals surface area contributed by atoms with Crippen LogP contribution in [0.15, 0.2) is 4.99 Å². The first kappa shape index (κ1) is 17.6. The van der Waals surface area contributed by atoms with Gasteiger partial charge >= 0.3 is 0 Å². The van der Waals surface area contributed by atoms with Gasteiger partial charge < -0.3 is 15.5 Å². The summed E-state index contributed by atoms with van der Waals surface area (Å²) in [6.07, 6.45) is 7.76. The molecule has 0 aromatic carbocycles. The highest BCUT2D eigenvalue weighted by Crippen LogP contribution is 2.29. The SMILES string of the molecule is CCNC(=NCCCC(C)(C)C)NC1CCN(C2CC2)CC1. The fraction of sp³-hybridized carbons (Fsp3) is 0.944. The molecule has 128 valence electrons. The van der Waals surface area contributed by atoms with Crippen LogP contribution < -0.4 is 10.6 Å². The Hall–Kier alpha value is -0.770. The number of hydrogen-bond acceptors (Lipinski definition) is 2. The molecular formula is C18H36N4. The lowest BCUT2D eigenvalue weighted by molar-refractivity contribution is 0.197. The molecule has 1 saturated carbocycles. The largest absolute Gasteiger partial charge is 0.357 e. The standard InChI is InChI=1S/C18H36N4/c1-5-19-17(20-12-6-11-18(2,3)4)21-15-9-13-22(14-10-15)16-7-8-16/h15-16H,5-14H2,1-4H3,(H2,19,20,21). The van der Waals surface area contributed by atoms with Crippen molar-refractivity contribution in [3.8, 4) is 0 Å². The fourth-order valence-electron chi connectivity index (χ4n) is 3.16. The lowest BCUT2D eigenvalue weighted by Gasteiger charge is -2.33. The molecule has 1 aliphatic carbocycles. The number of nitrogens with one attached hydrogen (secondary N) is 2. The van der Waals surface area contributed by atoms with Crippen LogP contribution in [-0.4, -0.2) is 49.1 Å². The maximum atomic E-state index is 4.76. The summed E-state index contributed by atoms with van der Waals surface area (Å²) in [4.78, 5) is 7.43. The van der Waals surface area contributed by atoms with E-state index in [1.165, 1.54) is 51.6 Å². The highest BCUT2D eigenvalue weighted by atomic mass is 15.2. The van der Waals surface area contributed by atoms with E-state index in [0.29, 0.717) is 11.5 Å². The van der Waals surface area contributed by atoms with Crippen molar-refractivity contribution in [2.75, 3.05) is 26.2 Å². The minimum Gasteiger partial charge on any atom is -0.357 e. The van der Waals surface area contributed by atoms with Crippen molar-refractivity contribution in [2.24, 2.45) is 10.4 Å². The Morgan fingerprint density at radius 1 is 1.14 bits per heavy atom. The first-order valence-corrected chi connectivity index (χ1v) is 9.27. The molecule has 2 N–H and O–H groups in total. The Kier molecular flexibility index (Phi) is 6.54. The van der Waals surface area contributed by atoms with E-state index in [9.17, 15) is 0 Å². The van der Waals surface area contributed by atoms with Crippen LogP contribution in [0, 0.1) is 5.41 Å². The lowest BCUT2D eigenvalue weighted by atomic mass is 9.91. The Labute approximate surface area is 137 Å². The van der Waals surface area contributed by atoms with E-state index in [2.05, 4.69) is 43.2 Å². The zero-order valence-corrected chi connectivity index (χ0v) is 15.1. The number of rotatable bonds is 6. The maximum Gasteiger partial charge on any atom is 0.191 e. The van der Waals surface area contributed by atoms with Crippen molar-refractivity contribution in [2.45, 2.75) is 78.3 Å². The van der Waals surface area contributed by atoms with Gasteiger partial charge in [-0.15, -0.1) is 0 Å². The van der Waals surface area contributed by atoms with Crippen LogP contribution in [0.25, 0.3) is 0 Å². The summed E-state index contributed by atoms with van der Waals surface area (Å²) in [5.74, 6) is 1.02. The fourth-order valence-corrected chi connectivity index (χ4v) is 3.16. The van der Waals surface area contributed by atoms with E-state index in [-0.39, 0.29) is 0 Å². The van der Waals surface area contributed by atoms with Crippen LogP contribution >= 0.6 is 0 Å². The molecule has 0 bridgehead atoms. The summed E-state index contributed by atoms with van der Waals surface area (Å²) in [6, 6.07) is 1.51. The van der Waals surface area contributed by atoms with Gasteiger partial charge in [0.1, 0.15) is 0 Å². The minimum atomic E-state index is 0.414. The van der Waals surface area contributed by atoms with Gasteiger partial charge in [-0.2, -0.15) is 0 Å². The van der Waals surface area contributed by atoms with E-state index in [1.54, 1.807) is 0 Å². The predicted octanol–water partition coefficient (Wildman–Crippen LogP) is 2.99. The number of piperidine rings is 1. The molecule has 2 rings (SSSR count). The van der Waals surface area contributed by atoms with Gasteiger partial charge in [0.25, 0.3) is 0 Å². The Bertz CT molecular complexity index is 347. The summed E-state index contributed by atoms with van der Waals surface area (Å²) in [5, 5.41) is 7.05. The molecule has 0 spiro atoms. The van der Waals surface area contributed by atoms with Crippen LogP contribution in [0.5, 0.6) is 0 Å². The van der Waals surface area contributed by atoms with Crippen LogP contribution in [0.4, 0.5) is 0 Å². The quantitative estimate of drug-likeness (QED) is 0.450. The Morgan fingerprint density at radius 3 is 2.36 bits per heavy atom. The third-order valence-corrected chi connectivity index (χ3v) is 4.63. The van der Waals surface area contributed by atoms with Crippen molar-refractivity contribution < 1.29 is 0 Å². The van der Waals surface area contributed by atoms with E-state index in [0.717, 1.165) is 25.1 Å². The second kappa shape index (κ2) is 8.19. The van der Waals surface area contributed by atoms with E-state index >= 15 is 0 Å². The smallest absolute Gasteiger partial charge is 0.191 e. The molecule has 0 aromatic heterocycles. The molecule has 1 heterocycles. The van der Waals surface area contributed by atoms with Gasteiger partial charge in [-0.05, 0) is 50.9 Å². The van der Waals surface area contributed by atoms with Crippen molar-refractivity contribution in [3.05, 3.63) is 0 Å². The molecule has 2 fully saturated rings. The van der Waals surface area contributed by atoms with Gasteiger partial charge in [0.05, 0.1) is 0 Å². The third-order valence-electron chi connectivity index (χ3n) is 4.63. The van der Waals surface area contributed by atoms with Crippen LogP contribution in [0.3, 0.4) is 0 Å². The second-order valence-electron chi connectivity index (χ2n) is 8.11.